The molecule has 5 heteroatoms. The molecule has 1 unspecified atom stereocenters. The lowest BCUT2D eigenvalue weighted by atomic mass is 9.80. The molecule has 2 aromatic heterocycles. The van der Waals surface area contributed by atoms with Crippen molar-refractivity contribution in [2.24, 2.45) is 5.41 Å². The largest absolute Gasteiger partial charge is 0.379 e. The van der Waals surface area contributed by atoms with Crippen LogP contribution in [-0.4, -0.2) is 54.3 Å². The van der Waals surface area contributed by atoms with Crippen LogP contribution in [0.25, 0.3) is 0 Å². The fourth-order valence-corrected chi connectivity index (χ4v) is 4.20. The Morgan fingerprint density at radius 2 is 1.92 bits per heavy atom. The number of nitrogens with zero attached hydrogens (tertiary/aromatic N) is 4. The molecule has 132 valence electrons. The summed E-state index contributed by atoms with van der Waals surface area (Å²) < 4.78 is 6.04. The first-order chi connectivity index (χ1) is 12.3. The zero-order valence-corrected chi connectivity index (χ0v) is 14.7. The maximum Gasteiger partial charge on any atom is 0.0641 e. The summed E-state index contributed by atoms with van der Waals surface area (Å²) in [5.41, 5.74) is 2.70. The van der Waals surface area contributed by atoms with Gasteiger partial charge < -0.3 is 9.64 Å². The molecule has 0 radical (unpaired) electrons. The van der Waals surface area contributed by atoms with Gasteiger partial charge in [-0.3, -0.25) is 14.9 Å². The van der Waals surface area contributed by atoms with Crippen LogP contribution >= 0.6 is 0 Å². The molecule has 0 saturated carbocycles. The zero-order valence-electron chi connectivity index (χ0n) is 14.7. The molecule has 0 N–H and O–H groups in total. The molecule has 2 saturated heterocycles. The van der Waals surface area contributed by atoms with Gasteiger partial charge in [0.1, 0.15) is 0 Å². The Morgan fingerprint density at radius 3 is 2.72 bits per heavy atom. The van der Waals surface area contributed by atoms with Crippen molar-refractivity contribution in [1.82, 2.24) is 14.9 Å². The minimum Gasteiger partial charge on any atom is -0.379 e. The number of aromatic nitrogens is 2. The van der Waals surface area contributed by atoms with Gasteiger partial charge in [-0.1, -0.05) is 6.07 Å². The van der Waals surface area contributed by atoms with Gasteiger partial charge in [0.05, 0.1) is 25.1 Å². The number of piperidine rings is 1. The Hall–Kier alpha value is -1.98. The maximum absolute atomic E-state index is 6.04. The molecule has 1 atom stereocenters. The van der Waals surface area contributed by atoms with Crippen LogP contribution < -0.4 is 4.90 Å². The lowest BCUT2D eigenvalue weighted by Crippen LogP contribution is -2.50. The van der Waals surface area contributed by atoms with Crippen molar-refractivity contribution in [1.29, 1.82) is 0 Å². The van der Waals surface area contributed by atoms with Gasteiger partial charge in [0.15, 0.2) is 0 Å². The first-order valence-corrected chi connectivity index (χ1v) is 9.17. The Bertz CT molecular complexity index is 666. The van der Waals surface area contributed by atoms with Gasteiger partial charge in [-0.25, -0.2) is 0 Å². The molecule has 4 heterocycles. The minimum atomic E-state index is 0.201. The van der Waals surface area contributed by atoms with Crippen molar-refractivity contribution in [2.45, 2.75) is 19.4 Å². The molecule has 0 bridgehead atoms. The van der Waals surface area contributed by atoms with E-state index in [2.05, 4.69) is 31.9 Å². The van der Waals surface area contributed by atoms with E-state index in [-0.39, 0.29) is 5.41 Å². The summed E-state index contributed by atoms with van der Waals surface area (Å²) >= 11 is 0. The maximum atomic E-state index is 6.04. The lowest BCUT2D eigenvalue weighted by Gasteiger charge is -2.44. The van der Waals surface area contributed by atoms with Gasteiger partial charge in [0.25, 0.3) is 0 Å². The third-order valence-corrected chi connectivity index (χ3v) is 5.32. The van der Waals surface area contributed by atoms with Gasteiger partial charge in [-0.15, -0.1) is 0 Å². The molecule has 5 nitrogen and oxygen atoms in total. The summed E-state index contributed by atoms with van der Waals surface area (Å²) in [6.45, 7) is 6.84. The Morgan fingerprint density at radius 1 is 1.04 bits per heavy atom. The highest BCUT2D eigenvalue weighted by Crippen LogP contribution is 2.34. The summed E-state index contributed by atoms with van der Waals surface area (Å²) in [6.07, 6.45) is 10.1. The van der Waals surface area contributed by atoms with Gasteiger partial charge in [-0.05, 0) is 43.1 Å². The second-order valence-electron chi connectivity index (χ2n) is 7.36. The molecule has 2 fully saturated rings. The van der Waals surface area contributed by atoms with Crippen molar-refractivity contribution < 1.29 is 4.74 Å². The third kappa shape index (κ3) is 3.99. The van der Waals surface area contributed by atoms with E-state index < -0.39 is 0 Å². The highest BCUT2D eigenvalue weighted by Gasteiger charge is 2.39. The SMILES string of the molecule is c1cncc(CN2CCCC3(COCCN(c4cccnc4)C3)C2)c1. The van der Waals surface area contributed by atoms with Gasteiger partial charge in [-0.2, -0.15) is 0 Å². The average molecular weight is 338 g/mol. The molecule has 2 aromatic rings. The van der Waals surface area contributed by atoms with E-state index in [1.54, 1.807) is 0 Å². The summed E-state index contributed by atoms with van der Waals surface area (Å²) in [4.78, 5) is 13.6. The smallest absolute Gasteiger partial charge is 0.0641 e. The fourth-order valence-electron chi connectivity index (χ4n) is 4.20. The number of hydrogen-bond donors (Lipinski definition) is 0. The summed E-state index contributed by atoms with van der Waals surface area (Å²) in [7, 11) is 0. The molecule has 0 aromatic carbocycles. The van der Waals surface area contributed by atoms with Crippen LogP contribution in [0.5, 0.6) is 0 Å². The summed E-state index contributed by atoms with van der Waals surface area (Å²) in [5.74, 6) is 0. The van der Waals surface area contributed by atoms with Crippen LogP contribution in [0.3, 0.4) is 0 Å². The van der Waals surface area contributed by atoms with Crippen LogP contribution in [-0.2, 0) is 11.3 Å². The standard InChI is InChI=1S/C20H26N4O/c1-4-18(12-21-7-1)14-23-9-3-6-20(15-23)16-24(10-11-25-17-20)19-5-2-8-22-13-19/h1-2,4-5,7-8,12-13H,3,6,9-11,14-17H2. The van der Waals surface area contributed by atoms with E-state index in [9.17, 15) is 0 Å². The topological polar surface area (TPSA) is 41.5 Å². The van der Waals surface area contributed by atoms with E-state index in [0.29, 0.717) is 0 Å². The van der Waals surface area contributed by atoms with Gasteiger partial charge in [0, 0.05) is 50.2 Å². The third-order valence-electron chi connectivity index (χ3n) is 5.32. The first kappa shape index (κ1) is 16.5. The molecule has 0 aliphatic carbocycles. The van der Waals surface area contributed by atoms with Crippen LogP contribution in [0.1, 0.15) is 18.4 Å². The second-order valence-corrected chi connectivity index (χ2v) is 7.36. The van der Waals surface area contributed by atoms with Crippen molar-refractivity contribution in [3.05, 3.63) is 54.6 Å². The molecule has 2 aliphatic rings. The minimum absolute atomic E-state index is 0.201. The molecule has 2 aliphatic heterocycles. The fraction of sp³-hybridized carbons (Fsp3) is 0.500. The van der Waals surface area contributed by atoms with E-state index in [0.717, 1.165) is 45.9 Å². The first-order valence-electron chi connectivity index (χ1n) is 9.17. The van der Waals surface area contributed by atoms with Crippen molar-refractivity contribution in [2.75, 3.05) is 44.3 Å². The quantitative estimate of drug-likeness (QED) is 0.860. The van der Waals surface area contributed by atoms with Crippen LogP contribution in [0, 0.1) is 5.41 Å². The normalized spacial score (nSPS) is 25.0. The van der Waals surface area contributed by atoms with Gasteiger partial charge >= 0.3 is 0 Å². The summed E-state index contributed by atoms with van der Waals surface area (Å²) in [5, 5.41) is 0. The number of rotatable bonds is 3. The van der Waals surface area contributed by atoms with Gasteiger partial charge in [0.2, 0.25) is 0 Å². The number of ether oxygens (including phenoxy) is 1. The number of hydrogen-bond acceptors (Lipinski definition) is 5. The van der Waals surface area contributed by atoms with Crippen LogP contribution in [0.4, 0.5) is 5.69 Å². The predicted octanol–water partition coefficient (Wildman–Crippen LogP) is 2.60. The Labute approximate surface area is 149 Å². The molecule has 1 spiro atoms. The molecule has 4 rings (SSSR count). The molecular weight excluding hydrogens is 312 g/mol. The van der Waals surface area contributed by atoms with Crippen LogP contribution in [0.15, 0.2) is 49.1 Å². The highest BCUT2D eigenvalue weighted by atomic mass is 16.5. The highest BCUT2D eigenvalue weighted by molar-refractivity contribution is 5.44. The molecule has 25 heavy (non-hydrogen) atoms. The van der Waals surface area contributed by atoms with E-state index in [1.165, 1.54) is 24.1 Å². The van der Waals surface area contributed by atoms with Crippen molar-refractivity contribution in [3.8, 4) is 0 Å². The predicted molar refractivity (Wildman–Crippen MR) is 98.5 cm³/mol. The zero-order chi connectivity index (χ0) is 17.0. The van der Waals surface area contributed by atoms with E-state index in [4.69, 9.17) is 4.74 Å². The second kappa shape index (κ2) is 7.50. The van der Waals surface area contributed by atoms with E-state index in [1.807, 2.05) is 36.9 Å². The number of anilines is 1. The van der Waals surface area contributed by atoms with E-state index >= 15 is 0 Å². The van der Waals surface area contributed by atoms with Crippen LogP contribution in [0.2, 0.25) is 0 Å². The van der Waals surface area contributed by atoms with Crippen molar-refractivity contribution >= 4 is 5.69 Å². The summed E-state index contributed by atoms with van der Waals surface area (Å²) in [6, 6.07) is 8.36. The number of pyridine rings is 2. The monoisotopic (exact) mass is 338 g/mol. The molecule has 0 amide bonds. The Kier molecular flexibility index (Phi) is 4.95. The molecular formula is C20H26N4O. The lowest BCUT2D eigenvalue weighted by molar-refractivity contribution is 0.0106. The van der Waals surface area contributed by atoms with Crippen molar-refractivity contribution in [3.63, 3.8) is 0 Å². The number of likely N-dealkylation sites (tertiary alicyclic amines) is 1. The Balaban J connectivity index is 1.49. The average Bonchev–Trinajstić information content (AvgIpc) is 2.86.